The first-order valence-corrected chi connectivity index (χ1v) is 7.35. The second-order valence-electron chi connectivity index (χ2n) is 6.04. The van der Waals surface area contributed by atoms with Crippen molar-refractivity contribution in [2.75, 3.05) is 5.73 Å². The minimum Gasteiger partial charge on any atom is -0.399 e. The van der Waals surface area contributed by atoms with E-state index in [2.05, 4.69) is 10.3 Å². The summed E-state index contributed by atoms with van der Waals surface area (Å²) in [6.45, 7) is 1.49. The monoisotopic (exact) mass is 326 g/mol. The SMILES string of the molecule is [B]c1cc2nc(C)n(C3([B])CC([B])C(=O)NC3=O)c(=O)c2c(N)c1[B]. The third-order valence-corrected chi connectivity index (χ3v) is 4.34. The molecule has 3 N–H and O–H groups in total. The summed E-state index contributed by atoms with van der Waals surface area (Å²) < 4.78 is 0.975. The number of benzene rings is 1. The third kappa shape index (κ3) is 2.41. The Kier molecular flexibility index (Phi) is 3.85. The van der Waals surface area contributed by atoms with Crippen molar-refractivity contribution in [3.05, 3.63) is 22.2 Å². The quantitative estimate of drug-likeness (QED) is 0.324. The molecule has 1 fully saturated rings. The molecule has 0 spiro atoms. The molecule has 25 heavy (non-hydrogen) atoms. The summed E-state index contributed by atoms with van der Waals surface area (Å²) in [5.74, 6) is -2.44. The topological polar surface area (TPSA) is 107 Å². The molecule has 1 saturated heterocycles. The number of nitrogens with zero attached hydrogens (tertiary/aromatic N) is 2. The van der Waals surface area contributed by atoms with Crippen molar-refractivity contribution in [1.29, 1.82) is 0 Å². The Balaban J connectivity index is 2.36. The van der Waals surface area contributed by atoms with Crippen LogP contribution in [0.1, 0.15) is 12.2 Å². The maximum absolute atomic E-state index is 13.0. The molecule has 2 aromatic rings. The average Bonchev–Trinajstić information content (AvgIpc) is 2.50. The summed E-state index contributed by atoms with van der Waals surface area (Å²) >= 11 is 0. The number of carbonyl (C=O) groups is 2. The van der Waals surface area contributed by atoms with Gasteiger partial charge in [-0.15, -0.1) is 0 Å². The Bertz CT molecular complexity index is 1010. The fourth-order valence-corrected chi connectivity index (χ4v) is 3.02. The van der Waals surface area contributed by atoms with Crippen LogP contribution in [0.2, 0.25) is 5.82 Å². The molecule has 1 aliphatic heterocycles. The first kappa shape index (κ1) is 17.4. The number of hydrogen-bond donors (Lipinski definition) is 2. The van der Waals surface area contributed by atoms with Gasteiger partial charge in [-0.3, -0.25) is 24.3 Å². The highest BCUT2D eigenvalue weighted by Gasteiger charge is 2.44. The highest BCUT2D eigenvalue weighted by molar-refractivity contribution is 6.52. The van der Waals surface area contributed by atoms with Gasteiger partial charge in [0.05, 0.1) is 24.2 Å². The molecule has 2 atom stereocenters. The number of fused-ring (bicyclic) bond motifs is 1. The molecule has 2 heterocycles. The second kappa shape index (κ2) is 5.54. The summed E-state index contributed by atoms with van der Waals surface area (Å²) in [6.07, 6.45) is -0.268. The lowest BCUT2D eigenvalue weighted by molar-refractivity contribution is -0.137. The largest absolute Gasteiger partial charge is 0.399 e. The van der Waals surface area contributed by atoms with Crippen molar-refractivity contribution in [1.82, 2.24) is 14.9 Å². The van der Waals surface area contributed by atoms with Crippen LogP contribution in [-0.4, -0.2) is 52.8 Å². The minimum absolute atomic E-state index is 0.0135. The number of piperidine rings is 1. The van der Waals surface area contributed by atoms with Crippen LogP contribution in [0.25, 0.3) is 10.9 Å². The van der Waals surface area contributed by atoms with Crippen LogP contribution in [0.3, 0.4) is 0 Å². The molecule has 1 aliphatic rings. The fraction of sp³-hybridized carbons (Fsp3) is 0.286. The molecule has 2 amide bonds. The number of anilines is 1. The van der Waals surface area contributed by atoms with Crippen molar-refractivity contribution < 1.29 is 9.59 Å². The summed E-state index contributed by atoms with van der Waals surface area (Å²) in [4.78, 5) is 41.2. The molecule has 8 radical (unpaired) electrons. The van der Waals surface area contributed by atoms with Gasteiger partial charge in [0.25, 0.3) is 5.56 Å². The third-order valence-electron chi connectivity index (χ3n) is 4.34. The van der Waals surface area contributed by atoms with E-state index in [0.717, 1.165) is 4.57 Å². The molecule has 1 aromatic carbocycles. The molecule has 3 rings (SSSR count). The second-order valence-corrected chi connectivity index (χ2v) is 6.04. The maximum atomic E-state index is 13.0. The summed E-state index contributed by atoms with van der Waals surface area (Å²) in [7, 11) is 23.4. The first-order chi connectivity index (χ1) is 11.6. The van der Waals surface area contributed by atoms with Crippen molar-refractivity contribution in [3.8, 4) is 0 Å². The lowest BCUT2D eigenvalue weighted by Crippen LogP contribution is -2.60. The number of amides is 2. The molecule has 116 valence electrons. The number of rotatable bonds is 1. The van der Waals surface area contributed by atoms with Crippen molar-refractivity contribution in [3.63, 3.8) is 0 Å². The van der Waals surface area contributed by atoms with Gasteiger partial charge in [0.15, 0.2) is 0 Å². The van der Waals surface area contributed by atoms with Crippen LogP contribution < -0.4 is 27.5 Å². The van der Waals surface area contributed by atoms with E-state index in [9.17, 15) is 14.4 Å². The first-order valence-electron chi connectivity index (χ1n) is 7.35. The molecule has 1 aromatic heterocycles. The Morgan fingerprint density at radius 2 is 2.00 bits per heavy atom. The number of imide groups is 1. The van der Waals surface area contributed by atoms with Crippen LogP contribution in [0, 0.1) is 6.92 Å². The van der Waals surface area contributed by atoms with Crippen LogP contribution in [0.15, 0.2) is 10.9 Å². The zero-order chi connectivity index (χ0) is 18.7. The van der Waals surface area contributed by atoms with E-state index in [0.29, 0.717) is 0 Å². The van der Waals surface area contributed by atoms with Gasteiger partial charge in [0.2, 0.25) is 11.8 Å². The van der Waals surface area contributed by atoms with E-state index in [-0.39, 0.29) is 39.8 Å². The van der Waals surface area contributed by atoms with Crippen LogP contribution in [0.5, 0.6) is 0 Å². The van der Waals surface area contributed by atoms with Gasteiger partial charge in [-0.1, -0.05) is 10.9 Å². The number of hydrogen-bond acceptors (Lipinski definition) is 5. The number of aromatic nitrogens is 2. The van der Waals surface area contributed by atoms with Gasteiger partial charge in [0, 0.05) is 11.5 Å². The Hall–Kier alpha value is -2.44. The van der Waals surface area contributed by atoms with Crippen molar-refractivity contribution >= 4 is 70.7 Å². The van der Waals surface area contributed by atoms with Gasteiger partial charge in [0.1, 0.15) is 29.4 Å². The normalized spacial score (nSPS) is 23.6. The highest BCUT2D eigenvalue weighted by Crippen LogP contribution is 2.29. The maximum Gasteiger partial charge on any atom is 0.263 e. The fourth-order valence-electron chi connectivity index (χ4n) is 3.02. The standard InChI is InChI=1S/C14H10B4N4O3/c1-4-20-7-2-5(15)9(17)10(19)8(7)12(24)22(4)14(18)3-6(16)11(23)21-13(14)25/h2,6H,3,19H2,1H3,(H,21,23,25). The Morgan fingerprint density at radius 3 is 2.64 bits per heavy atom. The number of aryl methyl sites for hydroxylation is 1. The molecule has 0 bridgehead atoms. The van der Waals surface area contributed by atoms with E-state index in [1.807, 2.05) is 0 Å². The number of nitrogens with two attached hydrogens (primary N) is 1. The van der Waals surface area contributed by atoms with E-state index in [1.165, 1.54) is 13.0 Å². The van der Waals surface area contributed by atoms with Gasteiger partial charge < -0.3 is 5.73 Å². The number of nitrogen functional groups attached to an aromatic ring is 1. The average molecular weight is 326 g/mol. The number of nitrogens with one attached hydrogen (secondary N) is 1. The molecular formula is C14H10B4N4O3. The van der Waals surface area contributed by atoms with Gasteiger partial charge in [-0.05, 0) is 19.4 Å². The summed E-state index contributed by atoms with van der Waals surface area (Å²) in [6, 6.07) is 1.42. The molecular weight excluding hydrogens is 315 g/mol. The summed E-state index contributed by atoms with van der Waals surface area (Å²) in [5.41, 5.74) is 3.74. The predicted octanol–water partition coefficient (Wildman–Crippen LogP) is -3.30. The smallest absolute Gasteiger partial charge is 0.263 e. The molecule has 2 unspecified atom stereocenters. The van der Waals surface area contributed by atoms with Crippen molar-refractivity contribution in [2.45, 2.75) is 24.6 Å². The molecule has 7 nitrogen and oxygen atoms in total. The highest BCUT2D eigenvalue weighted by atomic mass is 16.2. The van der Waals surface area contributed by atoms with E-state index < -0.39 is 28.6 Å². The van der Waals surface area contributed by atoms with Crippen LogP contribution in [-0.2, 0) is 15.0 Å². The van der Waals surface area contributed by atoms with E-state index in [1.54, 1.807) is 0 Å². The van der Waals surface area contributed by atoms with Gasteiger partial charge in [-0.25, -0.2) is 4.98 Å². The van der Waals surface area contributed by atoms with E-state index >= 15 is 0 Å². The van der Waals surface area contributed by atoms with E-state index in [4.69, 9.17) is 37.1 Å². The van der Waals surface area contributed by atoms with Crippen LogP contribution >= 0.6 is 0 Å². The molecule has 0 saturated carbocycles. The lowest BCUT2D eigenvalue weighted by Gasteiger charge is -2.38. The minimum atomic E-state index is -1.89. The van der Waals surface area contributed by atoms with Gasteiger partial charge >= 0.3 is 0 Å². The number of carbonyl (C=O) groups excluding carboxylic acids is 2. The zero-order valence-corrected chi connectivity index (χ0v) is 13.4. The molecule has 11 heteroatoms. The zero-order valence-electron chi connectivity index (χ0n) is 13.4. The van der Waals surface area contributed by atoms with Gasteiger partial charge in [-0.2, -0.15) is 0 Å². The summed E-state index contributed by atoms with van der Waals surface area (Å²) in [5, 5.41) is 2.05. The van der Waals surface area contributed by atoms with Crippen molar-refractivity contribution in [2.24, 2.45) is 0 Å². The van der Waals surface area contributed by atoms with Crippen LogP contribution in [0.4, 0.5) is 5.69 Å². The Morgan fingerprint density at radius 1 is 1.36 bits per heavy atom. The Labute approximate surface area is 148 Å². The predicted molar refractivity (Wildman–Crippen MR) is 96.9 cm³/mol. The molecule has 0 aliphatic carbocycles. The lowest BCUT2D eigenvalue weighted by atomic mass is 9.63.